The molecule has 0 atom stereocenters. The van der Waals surface area contributed by atoms with Crippen molar-refractivity contribution in [3.63, 3.8) is 0 Å². The number of nitrogens with one attached hydrogen (secondary N) is 1. The van der Waals surface area contributed by atoms with Crippen molar-refractivity contribution in [1.82, 2.24) is 9.97 Å². The van der Waals surface area contributed by atoms with Gasteiger partial charge in [-0.05, 0) is 37.1 Å². The summed E-state index contributed by atoms with van der Waals surface area (Å²) in [4.78, 5) is 32.9. The first-order valence-electron chi connectivity index (χ1n) is 8.21. The van der Waals surface area contributed by atoms with Gasteiger partial charge in [0.25, 0.3) is 0 Å². The van der Waals surface area contributed by atoms with Gasteiger partial charge in [0.2, 0.25) is 0 Å². The molecule has 0 saturated heterocycles. The van der Waals surface area contributed by atoms with Crippen LogP contribution in [0.25, 0.3) is 10.2 Å². The summed E-state index contributed by atoms with van der Waals surface area (Å²) in [6, 6.07) is 6.28. The summed E-state index contributed by atoms with van der Waals surface area (Å²) < 4.78 is 13.1. The zero-order valence-corrected chi connectivity index (χ0v) is 15.3. The average molecular weight is 371 g/mol. The van der Waals surface area contributed by atoms with E-state index in [9.17, 15) is 14.0 Å². The van der Waals surface area contributed by atoms with Crippen LogP contribution in [-0.4, -0.2) is 22.0 Å². The van der Waals surface area contributed by atoms with Gasteiger partial charge < -0.3 is 5.32 Å². The van der Waals surface area contributed by atoms with Gasteiger partial charge >= 0.3 is 0 Å². The summed E-state index contributed by atoms with van der Waals surface area (Å²) in [7, 11) is 0. The minimum atomic E-state index is -0.465. The molecule has 1 aromatic carbocycles. The van der Waals surface area contributed by atoms with Gasteiger partial charge in [-0.3, -0.25) is 9.59 Å². The van der Waals surface area contributed by atoms with Crippen LogP contribution in [0.5, 0.6) is 0 Å². The number of rotatable bonds is 7. The number of Topliss-reactive ketones (excluding diaryl/α,β-unsaturated/α-hetero) is 1. The van der Waals surface area contributed by atoms with E-state index in [0.717, 1.165) is 26.2 Å². The minimum absolute atomic E-state index is 0.0930. The number of ketones is 1. The van der Waals surface area contributed by atoms with Crippen LogP contribution in [0.2, 0.25) is 0 Å². The topological polar surface area (TPSA) is 72.0 Å². The smallest absolute Gasteiger partial charge is 0.195 e. The molecule has 0 spiro atoms. The molecule has 0 aliphatic rings. The van der Waals surface area contributed by atoms with Gasteiger partial charge in [0.15, 0.2) is 12.1 Å². The van der Waals surface area contributed by atoms with E-state index in [4.69, 9.17) is 0 Å². The Labute approximate surface area is 154 Å². The second-order valence-electron chi connectivity index (χ2n) is 6.02. The molecule has 0 bridgehead atoms. The quantitative estimate of drug-likeness (QED) is 0.506. The molecule has 1 N–H and O–H groups in total. The fourth-order valence-electron chi connectivity index (χ4n) is 2.62. The molecule has 3 aromatic rings. The summed E-state index contributed by atoms with van der Waals surface area (Å²) in [5.41, 5.74) is 2.04. The maximum absolute atomic E-state index is 13.1. The third-order valence-corrected chi connectivity index (χ3v) is 5.28. The van der Waals surface area contributed by atoms with Crippen molar-refractivity contribution < 1.29 is 14.0 Å². The maximum Gasteiger partial charge on any atom is 0.195 e. The number of nitrogens with zero attached hydrogens (tertiary/aromatic N) is 2. The SMILES string of the molecule is Cc1sc2nc(CCC(=O)C=O)nc(NCc3ccc(F)cc3)c2c1C. The molecule has 3 rings (SSSR count). The Morgan fingerprint density at radius 1 is 1.23 bits per heavy atom. The number of aldehydes is 1. The highest BCUT2D eigenvalue weighted by Crippen LogP contribution is 2.33. The molecular formula is C19H18FN3O2S. The maximum atomic E-state index is 13.1. The third-order valence-electron chi connectivity index (χ3n) is 4.17. The van der Waals surface area contributed by atoms with Crippen LogP contribution in [0.15, 0.2) is 24.3 Å². The molecule has 0 radical (unpaired) electrons. The Kier molecular flexibility index (Phi) is 5.37. The van der Waals surface area contributed by atoms with Crippen molar-refractivity contribution in [2.24, 2.45) is 0 Å². The number of carbonyl (C=O) groups is 2. The predicted molar refractivity (Wildman–Crippen MR) is 100 cm³/mol. The number of hydrogen-bond acceptors (Lipinski definition) is 6. The number of aromatic nitrogens is 2. The van der Waals surface area contributed by atoms with Crippen molar-refractivity contribution in [3.05, 3.63) is 51.9 Å². The van der Waals surface area contributed by atoms with Gasteiger partial charge in [0.05, 0.1) is 5.39 Å². The van der Waals surface area contributed by atoms with Gasteiger partial charge in [0, 0.05) is 24.3 Å². The standard InChI is InChI=1S/C19H18FN3O2S/c1-11-12(2)26-19-17(11)18(21-9-13-3-5-14(20)6-4-13)22-16(23-19)8-7-15(25)10-24/h3-6,10H,7-9H2,1-2H3,(H,21,22,23). The van der Waals surface area contributed by atoms with Crippen LogP contribution in [0, 0.1) is 19.7 Å². The van der Waals surface area contributed by atoms with E-state index in [1.807, 2.05) is 13.8 Å². The Morgan fingerprint density at radius 3 is 2.65 bits per heavy atom. The van der Waals surface area contributed by atoms with E-state index in [0.29, 0.717) is 30.9 Å². The van der Waals surface area contributed by atoms with Crippen molar-refractivity contribution in [2.75, 3.05) is 5.32 Å². The Hall–Kier alpha value is -2.67. The molecule has 0 aliphatic heterocycles. The largest absolute Gasteiger partial charge is 0.365 e. The molecule has 0 unspecified atom stereocenters. The van der Waals surface area contributed by atoms with Crippen LogP contribution in [0.4, 0.5) is 10.2 Å². The van der Waals surface area contributed by atoms with E-state index in [-0.39, 0.29) is 12.2 Å². The summed E-state index contributed by atoms with van der Waals surface area (Å²) >= 11 is 1.58. The van der Waals surface area contributed by atoms with Crippen LogP contribution in [-0.2, 0) is 22.6 Å². The van der Waals surface area contributed by atoms with E-state index in [2.05, 4.69) is 15.3 Å². The summed E-state index contributed by atoms with van der Waals surface area (Å²) in [5.74, 6) is 0.475. The van der Waals surface area contributed by atoms with Crippen molar-refractivity contribution in [3.8, 4) is 0 Å². The fraction of sp³-hybridized carbons (Fsp3) is 0.263. The highest BCUT2D eigenvalue weighted by Gasteiger charge is 2.15. The van der Waals surface area contributed by atoms with Gasteiger partial charge in [0.1, 0.15) is 22.3 Å². The average Bonchev–Trinajstić information content (AvgIpc) is 2.93. The van der Waals surface area contributed by atoms with E-state index in [1.165, 1.54) is 12.1 Å². The zero-order chi connectivity index (χ0) is 18.7. The summed E-state index contributed by atoms with van der Waals surface area (Å²) in [6.45, 7) is 4.55. The second kappa shape index (κ2) is 7.70. The van der Waals surface area contributed by atoms with Crippen LogP contribution >= 0.6 is 11.3 Å². The second-order valence-corrected chi connectivity index (χ2v) is 7.22. The lowest BCUT2D eigenvalue weighted by Gasteiger charge is -2.10. The van der Waals surface area contributed by atoms with Crippen molar-refractivity contribution in [2.45, 2.75) is 33.2 Å². The first-order chi connectivity index (χ1) is 12.5. The predicted octanol–water partition coefficient (Wildman–Crippen LogP) is 3.76. The van der Waals surface area contributed by atoms with Crippen molar-refractivity contribution in [1.29, 1.82) is 0 Å². The Morgan fingerprint density at radius 2 is 1.96 bits per heavy atom. The molecule has 2 aromatic heterocycles. The molecular weight excluding hydrogens is 353 g/mol. The Bertz CT molecular complexity index is 967. The number of anilines is 1. The Balaban J connectivity index is 1.91. The summed E-state index contributed by atoms with van der Waals surface area (Å²) in [6.07, 6.45) is 0.732. The first kappa shape index (κ1) is 18.1. The lowest BCUT2D eigenvalue weighted by molar-refractivity contribution is -0.129. The van der Waals surface area contributed by atoms with E-state index in [1.54, 1.807) is 23.5 Å². The number of fused-ring (bicyclic) bond motifs is 1. The number of halogens is 1. The van der Waals surface area contributed by atoms with Gasteiger partial charge in [-0.2, -0.15) is 0 Å². The number of hydrogen-bond donors (Lipinski definition) is 1. The van der Waals surface area contributed by atoms with E-state index < -0.39 is 5.78 Å². The third kappa shape index (κ3) is 3.94. The van der Waals surface area contributed by atoms with Gasteiger partial charge in [-0.25, -0.2) is 14.4 Å². The molecule has 0 amide bonds. The monoisotopic (exact) mass is 371 g/mol. The lowest BCUT2D eigenvalue weighted by atomic mass is 10.2. The molecule has 0 fully saturated rings. The number of thiophene rings is 1. The molecule has 134 valence electrons. The molecule has 0 saturated carbocycles. The number of benzene rings is 1. The molecule has 5 nitrogen and oxygen atoms in total. The van der Waals surface area contributed by atoms with Crippen LogP contribution in [0.3, 0.4) is 0 Å². The molecule has 7 heteroatoms. The summed E-state index contributed by atoms with van der Waals surface area (Å²) in [5, 5.41) is 4.26. The van der Waals surface area contributed by atoms with Crippen LogP contribution in [0.1, 0.15) is 28.2 Å². The molecule has 26 heavy (non-hydrogen) atoms. The van der Waals surface area contributed by atoms with Crippen molar-refractivity contribution >= 4 is 39.4 Å². The normalized spacial score (nSPS) is 10.9. The highest BCUT2D eigenvalue weighted by atomic mass is 32.1. The zero-order valence-electron chi connectivity index (χ0n) is 14.5. The number of carbonyl (C=O) groups excluding carboxylic acids is 2. The first-order valence-corrected chi connectivity index (χ1v) is 9.02. The molecule has 0 aliphatic carbocycles. The highest BCUT2D eigenvalue weighted by molar-refractivity contribution is 7.18. The van der Waals surface area contributed by atoms with Gasteiger partial charge in [-0.15, -0.1) is 11.3 Å². The van der Waals surface area contributed by atoms with Crippen LogP contribution < -0.4 is 5.32 Å². The molecule has 2 heterocycles. The fourth-order valence-corrected chi connectivity index (χ4v) is 3.66. The van der Waals surface area contributed by atoms with E-state index >= 15 is 0 Å². The lowest BCUT2D eigenvalue weighted by Crippen LogP contribution is -2.07. The van der Waals surface area contributed by atoms with Gasteiger partial charge in [-0.1, -0.05) is 12.1 Å². The number of aryl methyl sites for hydroxylation is 3. The minimum Gasteiger partial charge on any atom is -0.365 e.